The summed E-state index contributed by atoms with van der Waals surface area (Å²) in [6.45, 7) is 7.72. The van der Waals surface area contributed by atoms with Crippen molar-refractivity contribution in [1.82, 2.24) is 5.32 Å². The van der Waals surface area contributed by atoms with Crippen LogP contribution in [0.2, 0.25) is 0 Å². The molecular weight excluding hydrogens is 240 g/mol. The van der Waals surface area contributed by atoms with E-state index in [-0.39, 0.29) is 18.8 Å². The Bertz CT molecular complexity index is 397. The fourth-order valence-electron chi connectivity index (χ4n) is 2.57. The average Bonchev–Trinajstić information content (AvgIpc) is 2.44. The van der Waals surface area contributed by atoms with Crippen LogP contribution in [0.4, 0.5) is 5.69 Å². The summed E-state index contributed by atoms with van der Waals surface area (Å²) in [6, 6.07) is 8.45. The summed E-state index contributed by atoms with van der Waals surface area (Å²) in [7, 11) is 0. The van der Waals surface area contributed by atoms with Gasteiger partial charge in [0.1, 0.15) is 0 Å². The number of benzene rings is 1. The lowest BCUT2D eigenvalue weighted by atomic mass is 10.1. The van der Waals surface area contributed by atoms with Gasteiger partial charge in [0.2, 0.25) is 0 Å². The third kappa shape index (κ3) is 3.69. The maximum Gasteiger partial charge on any atom is 0.0984 e. The number of morpholine rings is 1. The highest BCUT2D eigenvalue weighted by Gasteiger charge is 2.25. The molecule has 0 aromatic heterocycles. The van der Waals surface area contributed by atoms with Crippen molar-refractivity contribution in [3.8, 4) is 0 Å². The zero-order chi connectivity index (χ0) is 13.7. The summed E-state index contributed by atoms with van der Waals surface area (Å²) in [4.78, 5) is 2.32. The van der Waals surface area contributed by atoms with Crippen molar-refractivity contribution < 1.29 is 9.84 Å². The van der Waals surface area contributed by atoms with Gasteiger partial charge in [0.05, 0.1) is 18.8 Å². The van der Waals surface area contributed by atoms with Crippen molar-refractivity contribution in [3.63, 3.8) is 0 Å². The lowest BCUT2D eigenvalue weighted by Gasteiger charge is -2.38. The maximum atomic E-state index is 9.32. The van der Waals surface area contributed by atoms with Gasteiger partial charge in [-0.3, -0.25) is 0 Å². The molecule has 1 fully saturated rings. The second kappa shape index (κ2) is 6.89. The van der Waals surface area contributed by atoms with Gasteiger partial charge in [-0.25, -0.2) is 0 Å². The molecule has 0 radical (unpaired) electrons. The summed E-state index contributed by atoms with van der Waals surface area (Å²) in [5.41, 5.74) is 2.55. The second-order valence-corrected chi connectivity index (χ2v) is 5.07. The summed E-state index contributed by atoms with van der Waals surface area (Å²) in [5.74, 6) is 0. The molecule has 19 heavy (non-hydrogen) atoms. The Hall–Kier alpha value is -1.10. The molecule has 2 unspecified atom stereocenters. The van der Waals surface area contributed by atoms with Gasteiger partial charge in [0, 0.05) is 25.3 Å². The van der Waals surface area contributed by atoms with Crippen molar-refractivity contribution in [1.29, 1.82) is 0 Å². The van der Waals surface area contributed by atoms with Crippen LogP contribution in [0.5, 0.6) is 0 Å². The second-order valence-electron chi connectivity index (χ2n) is 5.07. The molecule has 1 aromatic carbocycles. The van der Waals surface area contributed by atoms with Crippen LogP contribution in [0.25, 0.3) is 0 Å². The molecule has 4 nitrogen and oxygen atoms in total. The van der Waals surface area contributed by atoms with E-state index in [1.54, 1.807) is 0 Å². The first kappa shape index (κ1) is 14.3. The van der Waals surface area contributed by atoms with E-state index in [4.69, 9.17) is 4.74 Å². The number of aliphatic hydroxyl groups excluding tert-OH is 1. The first-order valence-electron chi connectivity index (χ1n) is 7.04. The van der Waals surface area contributed by atoms with Gasteiger partial charge in [0.15, 0.2) is 0 Å². The van der Waals surface area contributed by atoms with Crippen LogP contribution in [-0.2, 0) is 11.3 Å². The molecule has 4 heteroatoms. The molecule has 1 heterocycles. The van der Waals surface area contributed by atoms with E-state index in [2.05, 4.69) is 48.3 Å². The van der Waals surface area contributed by atoms with Crippen LogP contribution in [0.1, 0.15) is 19.4 Å². The molecule has 2 atom stereocenters. The van der Waals surface area contributed by atoms with E-state index >= 15 is 0 Å². The van der Waals surface area contributed by atoms with Crippen LogP contribution < -0.4 is 10.2 Å². The Kier molecular flexibility index (Phi) is 5.19. The third-order valence-electron chi connectivity index (χ3n) is 3.43. The number of para-hydroxylation sites is 1. The minimum atomic E-state index is -0.0871. The van der Waals surface area contributed by atoms with Gasteiger partial charge >= 0.3 is 0 Å². The molecule has 0 saturated carbocycles. The highest BCUT2D eigenvalue weighted by Crippen LogP contribution is 2.24. The number of ether oxygens (including phenoxy) is 1. The van der Waals surface area contributed by atoms with Gasteiger partial charge in [-0.05, 0) is 25.1 Å². The van der Waals surface area contributed by atoms with E-state index in [0.29, 0.717) is 0 Å². The minimum absolute atomic E-state index is 0.0796. The summed E-state index contributed by atoms with van der Waals surface area (Å²) < 4.78 is 5.70. The Balaban J connectivity index is 2.15. The summed E-state index contributed by atoms with van der Waals surface area (Å²) >= 11 is 0. The fourth-order valence-corrected chi connectivity index (χ4v) is 2.57. The van der Waals surface area contributed by atoms with E-state index in [1.807, 2.05) is 0 Å². The molecule has 0 amide bonds. The number of nitrogens with zero attached hydrogens (tertiary/aromatic N) is 1. The molecule has 1 aromatic rings. The van der Waals surface area contributed by atoms with Gasteiger partial charge < -0.3 is 20.1 Å². The summed E-state index contributed by atoms with van der Waals surface area (Å²) in [5, 5.41) is 12.7. The van der Waals surface area contributed by atoms with Crippen molar-refractivity contribution in [2.24, 2.45) is 0 Å². The quantitative estimate of drug-likeness (QED) is 0.843. The van der Waals surface area contributed by atoms with Gasteiger partial charge in [-0.1, -0.05) is 25.1 Å². The SMILES string of the molecule is CCNCc1ccccc1N1CC(C)OC(CO)C1. The Morgan fingerprint density at radius 3 is 2.89 bits per heavy atom. The van der Waals surface area contributed by atoms with Crippen molar-refractivity contribution in [2.45, 2.75) is 32.6 Å². The molecule has 0 aliphatic carbocycles. The lowest BCUT2D eigenvalue weighted by molar-refractivity contribution is -0.0421. The monoisotopic (exact) mass is 264 g/mol. The molecular formula is C15H24N2O2. The van der Waals surface area contributed by atoms with E-state index < -0.39 is 0 Å². The number of hydrogen-bond acceptors (Lipinski definition) is 4. The lowest BCUT2D eigenvalue weighted by Crippen LogP contribution is -2.48. The summed E-state index contributed by atoms with van der Waals surface area (Å²) in [6.07, 6.45) is 0.0639. The van der Waals surface area contributed by atoms with Crippen LogP contribution in [0, 0.1) is 0 Å². The van der Waals surface area contributed by atoms with Crippen LogP contribution >= 0.6 is 0 Å². The van der Waals surface area contributed by atoms with Gasteiger partial charge in [-0.15, -0.1) is 0 Å². The van der Waals surface area contributed by atoms with E-state index in [9.17, 15) is 5.11 Å². The van der Waals surface area contributed by atoms with Crippen molar-refractivity contribution >= 4 is 5.69 Å². The molecule has 2 rings (SSSR count). The van der Waals surface area contributed by atoms with Crippen LogP contribution in [0.3, 0.4) is 0 Å². The zero-order valence-corrected chi connectivity index (χ0v) is 11.8. The molecule has 0 spiro atoms. The number of nitrogens with one attached hydrogen (secondary N) is 1. The number of anilines is 1. The molecule has 1 saturated heterocycles. The largest absolute Gasteiger partial charge is 0.394 e. The van der Waals surface area contributed by atoms with Crippen molar-refractivity contribution in [2.75, 3.05) is 31.1 Å². The first-order valence-corrected chi connectivity index (χ1v) is 7.04. The number of hydrogen-bond donors (Lipinski definition) is 2. The van der Waals surface area contributed by atoms with Crippen molar-refractivity contribution in [3.05, 3.63) is 29.8 Å². The van der Waals surface area contributed by atoms with E-state index in [1.165, 1.54) is 11.3 Å². The minimum Gasteiger partial charge on any atom is -0.394 e. The molecule has 2 N–H and O–H groups in total. The Morgan fingerprint density at radius 2 is 2.16 bits per heavy atom. The highest BCUT2D eigenvalue weighted by atomic mass is 16.5. The zero-order valence-electron chi connectivity index (χ0n) is 11.8. The molecule has 106 valence electrons. The predicted octanol–water partition coefficient (Wildman–Crippen LogP) is 1.38. The molecule has 1 aliphatic rings. The fraction of sp³-hybridized carbons (Fsp3) is 0.600. The molecule has 0 bridgehead atoms. The number of rotatable bonds is 5. The van der Waals surface area contributed by atoms with Gasteiger partial charge in [0.25, 0.3) is 0 Å². The normalized spacial score (nSPS) is 23.6. The topological polar surface area (TPSA) is 44.7 Å². The highest BCUT2D eigenvalue weighted by molar-refractivity contribution is 5.54. The van der Waals surface area contributed by atoms with Crippen LogP contribution in [0.15, 0.2) is 24.3 Å². The Morgan fingerprint density at radius 1 is 1.37 bits per heavy atom. The first-order chi connectivity index (χ1) is 9.24. The smallest absolute Gasteiger partial charge is 0.0984 e. The predicted molar refractivity (Wildman–Crippen MR) is 77.5 cm³/mol. The maximum absolute atomic E-state index is 9.32. The third-order valence-corrected chi connectivity index (χ3v) is 3.43. The average molecular weight is 264 g/mol. The number of aliphatic hydroxyl groups is 1. The van der Waals surface area contributed by atoms with Crippen LogP contribution in [-0.4, -0.2) is 43.6 Å². The Labute approximate surface area is 115 Å². The van der Waals surface area contributed by atoms with Gasteiger partial charge in [-0.2, -0.15) is 0 Å². The molecule has 1 aliphatic heterocycles. The standard InChI is InChI=1S/C15H24N2O2/c1-3-16-8-13-6-4-5-7-15(13)17-9-12(2)19-14(10-17)11-18/h4-7,12,14,16,18H,3,8-11H2,1-2H3. The van der Waals surface area contributed by atoms with E-state index in [0.717, 1.165) is 26.2 Å².